The molecular weight excluding hydrogens is 394 g/mol. The van der Waals surface area contributed by atoms with Crippen LogP contribution in [0.15, 0.2) is 24.3 Å². The lowest BCUT2D eigenvalue weighted by Crippen LogP contribution is -2.46. The number of amides is 3. The van der Waals surface area contributed by atoms with Crippen molar-refractivity contribution in [2.75, 3.05) is 18.5 Å². The summed E-state index contributed by atoms with van der Waals surface area (Å²) in [4.78, 5) is 25.6. The van der Waals surface area contributed by atoms with E-state index in [0.29, 0.717) is 0 Å². The zero-order valence-corrected chi connectivity index (χ0v) is 14.9. The molecular formula is C19H15F4N3O3. The highest BCUT2D eigenvalue weighted by Gasteiger charge is 2.30. The Morgan fingerprint density at radius 2 is 2.00 bits per heavy atom. The van der Waals surface area contributed by atoms with Gasteiger partial charge in [0.2, 0.25) is 5.91 Å². The van der Waals surface area contributed by atoms with Gasteiger partial charge < -0.3 is 20.3 Å². The lowest BCUT2D eigenvalue weighted by atomic mass is 9.98. The van der Waals surface area contributed by atoms with Gasteiger partial charge in [-0.2, -0.15) is 0 Å². The van der Waals surface area contributed by atoms with Crippen molar-refractivity contribution >= 4 is 17.6 Å². The van der Waals surface area contributed by atoms with Crippen LogP contribution in [0.2, 0.25) is 0 Å². The molecule has 2 aromatic carbocycles. The van der Waals surface area contributed by atoms with E-state index in [9.17, 15) is 27.2 Å². The second kappa shape index (κ2) is 7.36. The molecule has 0 aromatic heterocycles. The van der Waals surface area contributed by atoms with E-state index >= 15 is 0 Å². The van der Waals surface area contributed by atoms with Crippen molar-refractivity contribution in [2.24, 2.45) is 0 Å². The van der Waals surface area contributed by atoms with Crippen LogP contribution in [-0.2, 0) is 22.7 Å². The summed E-state index contributed by atoms with van der Waals surface area (Å²) in [7, 11) is 0. The molecule has 6 nitrogen and oxygen atoms in total. The van der Waals surface area contributed by atoms with Crippen LogP contribution in [0.5, 0.6) is 0 Å². The van der Waals surface area contributed by atoms with Gasteiger partial charge >= 0.3 is 6.03 Å². The average Bonchev–Trinajstić information content (AvgIpc) is 2.65. The predicted octanol–water partition coefficient (Wildman–Crippen LogP) is 2.98. The van der Waals surface area contributed by atoms with E-state index in [-0.39, 0.29) is 42.1 Å². The van der Waals surface area contributed by atoms with Gasteiger partial charge in [-0.15, -0.1) is 0 Å². The van der Waals surface area contributed by atoms with Crippen molar-refractivity contribution in [1.82, 2.24) is 10.2 Å². The van der Waals surface area contributed by atoms with Crippen molar-refractivity contribution in [3.8, 4) is 0 Å². The van der Waals surface area contributed by atoms with Gasteiger partial charge in [-0.25, -0.2) is 22.4 Å². The number of urea groups is 1. The Bertz CT molecular complexity index is 1010. The van der Waals surface area contributed by atoms with Gasteiger partial charge in [0.25, 0.3) is 0 Å². The van der Waals surface area contributed by atoms with E-state index in [4.69, 9.17) is 4.74 Å². The van der Waals surface area contributed by atoms with Crippen LogP contribution in [0.3, 0.4) is 0 Å². The first-order chi connectivity index (χ1) is 13.8. The number of carbonyl (C=O) groups is 2. The van der Waals surface area contributed by atoms with Crippen LogP contribution in [0.4, 0.5) is 28.0 Å². The molecule has 0 aliphatic carbocycles. The number of ether oxygens (including phenoxy) is 1. The van der Waals surface area contributed by atoms with Crippen LogP contribution in [-0.4, -0.2) is 30.0 Å². The normalized spacial score (nSPS) is 18.0. The van der Waals surface area contributed by atoms with E-state index < -0.39 is 47.8 Å². The summed E-state index contributed by atoms with van der Waals surface area (Å²) >= 11 is 0. The van der Waals surface area contributed by atoms with Gasteiger partial charge in [-0.05, 0) is 23.8 Å². The minimum atomic E-state index is -1.10. The molecule has 0 fully saturated rings. The molecule has 2 aliphatic rings. The van der Waals surface area contributed by atoms with Crippen molar-refractivity contribution < 1.29 is 31.9 Å². The molecule has 2 aromatic rings. The molecule has 0 saturated heterocycles. The predicted molar refractivity (Wildman–Crippen MR) is 92.7 cm³/mol. The zero-order valence-electron chi connectivity index (χ0n) is 14.9. The molecule has 2 N–H and O–H groups in total. The van der Waals surface area contributed by atoms with Crippen molar-refractivity contribution in [3.05, 3.63) is 64.2 Å². The number of hydrogen-bond acceptors (Lipinski definition) is 3. The second-order valence-corrected chi connectivity index (χ2v) is 6.77. The summed E-state index contributed by atoms with van der Waals surface area (Å²) < 4.78 is 60.3. The minimum absolute atomic E-state index is 0.00649. The minimum Gasteiger partial charge on any atom is -0.374 e. The van der Waals surface area contributed by atoms with E-state index in [2.05, 4.69) is 10.6 Å². The molecule has 29 heavy (non-hydrogen) atoms. The number of rotatable bonds is 3. The molecule has 10 heteroatoms. The van der Waals surface area contributed by atoms with Crippen LogP contribution >= 0.6 is 0 Å². The number of hydrogen-bond donors (Lipinski definition) is 2. The highest BCUT2D eigenvalue weighted by atomic mass is 19.2. The van der Waals surface area contributed by atoms with Crippen molar-refractivity contribution in [3.63, 3.8) is 0 Å². The van der Waals surface area contributed by atoms with Gasteiger partial charge in [0.1, 0.15) is 18.2 Å². The molecule has 0 bridgehead atoms. The quantitative estimate of drug-likeness (QED) is 0.766. The highest BCUT2D eigenvalue weighted by molar-refractivity contribution is 5.95. The van der Waals surface area contributed by atoms with Gasteiger partial charge in [0.05, 0.1) is 31.5 Å². The first kappa shape index (κ1) is 19.2. The number of nitrogens with one attached hydrogen (secondary N) is 2. The van der Waals surface area contributed by atoms with Crippen molar-refractivity contribution in [1.29, 1.82) is 0 Å². The third-order valence-corrected chi connectivity index (χ3v) is 4.81. The fourth-order valence-corrected chi connectivity index (χ4v) is 3.49. The molecule has 2 heterocycles. The Hall–Kier alpha value is -3.14. The Morgan fingerprint density at radius 1 is 1.21 bits per heavy atom. The smallest absolute Gasteiger partial charge is 0.322 e. The first-order valence-corrected chi connectivity index (χ1v) is 8.71. The maximum atomic E-state index is 14.2. The van der Waals surface area contributed by atoms with Crippen LogP contribution in [0.1, 0.15) is 22.7 Å². The van der Waals surface area contributed by atoms with Gasteiger partial charge in [0, 0.05) is 17.2 Å². The van der Waals surface area contributed by atoms with Gasteiger partial charge in [0.15, 0.2) is 11.6 Å². The number of fused-ring (bicyclic) bond motifs is 2. The topological polar surface area (TPSA) is 70.7 Å². The number of nitrogens with zero attached hydrogens (tertiary/aromatic N) is 1. The molecule has 2 aliphatic heterocycles. The SMILES string of the molecule is O=C(CN1Cc2c(ccc(F)c2F)NC1=O)N[C@@H]1COCc2cc(F)cc(F)c21. The molecule has 152 valence electrons. The molecule has 4 rings (SSSR count). The molecule has 1 atom stereocenters. The number of benzene rings is 2. The van der Waals surface area contributed by atoms with E-state index in [1.807, 2.05) is 0 Å². The number of anilines is 1. The maximum Gasteiger partial charge on any atom is 0.322 e. The van der Waals surface area contributed by atoms with Crippen molar-refractivity contribution in [2.45, 2.75) is 19.2 Å². The third kappa shape index (κ3) is 3.63. The Balaban J connectivity index is 1.49. The Morgan fingerprint density at radius 3 is 2.79 bits per heavy atom. The lowest BCUT2D eigenvalue weighted by molar-refractivity contribution is -0.123. The molecule has 0 radical (unpaired) electrons. The largest absolute Gasteiger partial charge is 0.374 e. The summed E-state index contributed by atoms with van der Waals surface area (Å²) in [5, 5.41) is 4.93. The van der Waals surface area contributed by atoms with Crippen LogP contribution in [0, 0.1) is 23.3 Å². The Kier molecular flexibility index (Phi) is 4.87. The lowest BCUT2D eigenvalue weighted by Gasteiger charge is -2.31. The van der Waals surface area contributed by atoms with Crippen LogP contribution < -0.4 is 10.6 Å². The third-order valence-electron chi connectivity index (χ3n) is 4.81. The standard InChI is InChI=1S/C19H15F4N3O3/c20-10-3-9-7-29-8-15(17(9)13(22)4-10)24-16(27)6-26-5-11-14(25-19(26)28)2-1-12(21)18(11)23/h1-4,15H,5-8H2,(H,24,27)(H,25,28)/t15-/m1/s1. The molecule has 3 amide bonds. The summed E-state index contributed by atoms with van der Waals surface area (Å²) in [6.07, 6.45) is 0. The summed E-state index contributed by atoms with van der Waals surface area (Å²) in [5.41, 5.74) is 0.448. The van der Waals surface area contributed by atoms with Gasteiger partial charge in [-0.3, -0.25) is 4.79 Å². The van der Waals surface area contributed by atoms with Crippen LogP contribution in [0.25, 0.3) is 0 Å². The zero-order chi connectivity index (χ0) is 20.7. The average molecular weight is 409 g/mol. The summed E-state index contributed by atoms with van der Waals surface area (Å²) in [6.45, 7) is -0.811. The number of halogens is 4. The fourth-order valence-electron chi connectivity index (χ4n) is 3.49. The highest BCUT2D eigenvalue weighted by Crippen LogP contribution is 2.29. The fraction of sp³-hybridized carbons (Fsp3) is 0.263. The van der Waals surface area contributed by atoms with E-state index in [0.717, 1.165) is 23.1 Å². The number of carbonyl (C=O) groups excluding carboxylic acids is 2. The summed E-state index contributed by atoms with van der Waals surface area (Å²) in [5.74, 6) is -4.40. The molecule has 0 unspecified atom stereocenters. The first-order valence-electron chi connectivity index (χ1n) is 8.71. The van der Waals surface area contributed by atoms with Gasteiger partial charge in [-0.1, -0.05) is 0 Å². The second-order valence-electron chi connectivity index (χ2n) is 6.77. The maximum absolute atomic E-state index is 14.2. The summed E-state index contributed by atoms with van der Waals surface area (Å²) in [6, 6.07) is 2.45. The van der Waals surface area contributed by atoms with E-state index in [1.165, 1.54) is 6.07 Å². The monoisotopic (exact) mass is 409 g/mol. The molecule has 0 saturated carbocycles. The Labute approximate surface area is 162 Å². The molecule has 0 spiro atoms. The van der Waals surface area contributed by atoms with E-state index in [1.54, 1.807) is 0 Å².